The lowest BCUT2D eigenvalue weighted by molar-refractivity contribution is 0.780. The Bertz CT molecular complexity index is 1210. The van der Waals surface area contributed by atoms with E-state index in [1.807, 2.05) is 49.5 Å². The minimum absolute atomic E-state index is 0.422. The number of fused-ring (bicyclic) bond motifs is 3. The van der Waals surface area contributed by atoms with Crippen molar-refractivity contribution in [2.24, 2.45) is 4.99 Å². The van der Waals surface area contributed by atoms with Crippen molar-refractivity contribution in [2.75, 3.05) is 11.9 Å². The van der Waals surface area contributed by atoms with Gasteiger partial charge in [-0.2, -0.15) is 4.98 Å². The van der Waals surface area contributed by atoms with Crippen LogP contribution < -0.4 is 10.9 Å². The summed E-state index contributed by atoms with van der Waals surface area (Å²) in [5, 5.41) is 4.19. The highest BCUT2D eigenvalue weighted by Crippen LogP contribution is 2.39. The summed E-state index contributed by atoms with van der Waals surface area (Å²) in [5.41, 5.74) is 5.09. The minimum atomic E-state index is 0.422. The molecule has 1 aromatic heterocycles. The number of aryl methyl sites for hydroxylation is 1. The molecule has 0 aliphatic carbocycles. The largest absolute Gasteiger partial charge is 0.369 e. The molecule has 28 heavy (non-hydrogen) atoms. The van der Waals surface area contributed by atoms with Crippen molar-refractivity contribution in [3.05, 3.63) is 71.2 Å². The van der Waals surface area contributed by atoms with E-state index < -0.39 is 0 Å². The fourth-order valence-electron chi connectivity index (χ4n) is 3.44. The van der Waals surface area contributed by atoms with Crippen molar-refractivity contribution < 1.29 is 0 Å². The Balaban J connectivity index is 1.70. The van der Waals surface area contributed by atoms with Crippen LogP contribution in [0.1, 0.15) is 5.69 Å². The molecule has 0 atom stereocenters. The average Bonchev–Trinajstić information content (AvgIpc) is 3.20. The van der Waals surface area contributed by atoms with Crippen LogP contribution in [-0.4, -0.2) is 26.1 Å². The molecule has 7 heteroatoms. The molecule has 5 rings (SSSR count). The minimum Gasteiger partial charge on any atom is -0.369 e. The van der Waals surface area contributed by atoms with Crippen LogP contribution in [0.2, 0.25) is 5.02 Å². The Morgan fingerprint density at radius 3 is 2.79 bits per heavy atom. The first-order chi connectivity index (χ1) is 13.7. The lowest BCUT2D eigenvalue weighted by atomic mass is 10.0. The predicted molar refractivity (Wildman–Crippen MR) is 110 cm³/mol. The number of nitrogens with zero attached hydrogens (tertiary/aromatic N) is 5. The highest BCUT2D eigenvalue weighted by Gasteiger charge is 2.22. The number of pyridine rings is 2. The van der Waals surface area contributed by atoms with Gasteiger partial charge < -0.3 is 9.88 Å². The molecule has 3 aliphatic heterocycles. The number of halogens is 1. The van der Waals surface area contributed by atoms with E-state index in [1.54, 1.807) is 6.20 Å². The molecule has 3 aliphatic rings. The van der Waals surface area contributed by atoms with E-state index in [9.17, 15) is 0 Å². The Kier molecular flexibility index (Phi) is 4.06. The molecule has 0 fully saturated rings. The zero-order valence-electron chi connectivity index (χ0n) is 15.2. The van der Waals surface area contributed by atoms with Gasteiger partial charge in [-0.25, -0.2) is 9.98 Å². The molecule has 0 spiro atoms. The number of aromatic nitrogens is 4. The summed E-state index contributed by atoms with van der Waals surface area (Å²) in [7, 11) is 0. The first-order valence-corrected chi connectivity index (χ1v) is 9.43. The molecule has 138 valence electrons. The van der Waals surface area contributed by atoms with Crippen LogP contribution in [0.15, 0.2) is 59.9 Å². The third-order valence-corrected chi connectivity index (χ3v) is 5.11. The molecule has 0 saturated heterocycles. The lowest BCUT2D eigenvalue weighted by Gasteiger charge is -2.17. The van der Waals surface area contributed by atoms with E-state index in [2.05, 4.69) is 30.9 Å². The Morgan fingerprint density at radius 2 is 1.96 bits per heavy atom. The molecule has 4 heterocycles. The summed E-state index contributed by atoms with van der Waals surface area (Å²) in [4.78, 5) is 17.9. The van der Waals surface area contributed by atoms with E-state index in [0.717, 1.165) is 57.8 Å². The fraction of sp³-hybridized carbons (Fsp3) is 0.143. The first kappa shape index (κ1) is 16.9. The monoisotopic (exact) mass is 388 g/mol. The van der Waals surface area contributed by atoms with E-state index in [-0.39, 0.29) is 0 Å². The van der Waals surface area contributed by atoms with Crippen molar-refractivity contribution in [3.63, 3.8) is 0 Å². The van der Waals surface area contributed by atoms with Gasteiger partial charge in [-0.05, 0) is 31.2 Å². The van der Waals surface area contributed by atoms with Crippen LogP contribution in [0, 0.1) is 6.92 Å². The summed E-state index contributed by atoms with van der Waals surface area (Å²) in [6, 6.07) is 13.8. The van der Waals surface area contributed by atoms with Crippen molar-refractivity contribution in [2.45, 2.75) is 13.5 Å². The smallest absolute Gasteiger partial charge is 0.251 e. The van der Waals surface area contributed by atoms with E-state index in [4.69, 9.17) is 16.6 Å². The lowest BCUT2D eigenvalue weighted by Crippen LogP contribution is -2.17. The second kappa shape index (κ2) is 6.73. The first-order valence-electron chi connectivity index (χ1n) is 9.06. The second-order valence-corrected chi connectivity index (χ2v) is 7.09. The van der Waals surface area contributed by atoms with Crippen LogP contribution in [0.25, 0.3) is 22.5 Å². The fourth-order valence-corrected chi connectivity index (χ4v) is 3.68. The normalized spacial score (nSPS) is 13.6. The maximum absolute atomic E-state index is 6.45. The summed E-state index contributed by atoms with van der Waals surface area (Å²) < 4.78 is 2.17. The SMILES string of the molecule is Cc1ccc(N=c2ncc3cc(-c4ccccc4Cl)c4n(c-3n2)CCN4)cn1. The zero-order valence-corrected chi connectivity index (χ0v) is 16.0. The van der Waals surface area contributed by atoms with Gasteiger partial charge in [0.25, 0.3) is 5.62 Å². The van der Waals surface area contributed by atoms with Gasteiger partial charge in [0.1, 0.15) is 11.6 Å². The van der Waals surface area contributed by atoms with Crippen molar-refractivity contribution >= 4 is 23.1 Å². The van der Waals surface area contributed by atoms with Gasteiger partial charge in [0.2, 0.25) is 0 Å². The Labute approximate surface area is 167 Å². The number of anilines is 1. The second-order valence-electron chi connectivity index (χ2n) is 6.68. The van der Waals surface area contributed by atoms with Gasteiger partial charge in [-0.15, -0.1) is 0 Å². The summed E-state index contributed by atoms with van der Waals surface area (Å²) in [6.07, 6.45) is 3.54. The molecule has 0 saturated carbocycles. The molecule has 2 aromatic rings. The van der Waals surface area contributed by atoms with Crippen LogP contribution in [0.4, 0.5) is 11.5 Å². The predicted octanol–water partition coefficient (Wildman–Crippen LogP) is 4.06. The Morgan fingerprint density at radius 1 is 1.07 bits per heavy atom. The van der Waals surface area contributed by atoms with Crippen LogP contribution in [0.3, 0.4) is 0 Å². The topological polar surface area (TPSA) is 68.0 Å². The van der Waals surface area contributed by atoms with E-state index in [0.29, 0.717) is 5.62 Å². The van der Waals surface area contributed by atoms with Crippen LogP contribution in [0.5, 0.6) is 0 Å². The highest BCUT2D eigenvalue weighted by molar-refractivity contribution is 6.33. The van der Waals surface area contributed by atoms with Crippen molar-refractivity contribution in [1.82, 2.24) is 19.5 Å². The van der Waals surface area contributed by atoms with Gasteiger partial charge in [0, 0.05) is 46.7 Å². The number of nitrogens with one attached hydrogen (secondary N) is 1. The van der Waals surface area contributed by atoms with Crippen molar-refractivity contribution in [3.8, 4) is 22.5 Å². The summed E-state index contributed by atoms with van der Waals surface area (Å²) in [6.45, 7) is 3.61. The Hall–Kier alpha value is -3.25. The molecule has 1 N–H and O–H groups in total. The molecule has 0 bridgehead atoms. The van der Waals surface area contributed by atoms with Gasteiger partial charge >= 0.3 is 0 Å². The van der Waals surface area contributed by atoms with Gasteiger partial charge in [0.15, 0.2) is 0 Å². The third-order valence-electron chi connectivity index (χ3n) is 4.78. The van der Waals surface area contributed by atoms with Crippen LogP contribution in [-0.2, 0) is 6.54 Å². The van der Waals surface area contributed by atoms with Gasteiger partial charge in [-0.3, -0.25) is 4.98 Å². The average molecular weight is 389 g/mol. The number of hydrogen-bond donors (Lipinski definition) is 1. The number of rotatable bonds is 2. The van der Waals surface area contributed by atoms with Gasteiger partial charge in [0.05, 0.1) is 11.9 Å². The summed E-state index contributed by atoms with van der Waals surface area (Å²) in [5.74, 6) is 1.87. The maximum atomic E-state index is 6.45. The molecule has 0 unspecified atom stereocenters. The number of benzene rings is 1. The molecule has 1 aromatic carbocycles. The van der Waals surface area contributed by atoms with E-state index in [1.165, 1.54) is 0 Å². The van der Waals surface area contributed by atoms with Crippen molar-refractivity contribution in [1.29, 1.82) is 0 Å². The highest BCUT2D eigenvalue weighted by atomic mass is 35.5. The molecular weight excluding hydrogens is 372 g/mol. The van der Waals surface area contributed by atoms with Crippen LogP contribution >= 0.6 is 11.6 Å². The molecular formula is C21H17ClN6. The number of hydrogen-bond acceptors (Lipinski definition) is 5. The van der Waals surface area contributed by atoms with E-state index >= 15 is 0 Å². The zero-order chi connectivity index (χ0) is 19.1. The molecule has 0 radical (unpaired) electrons. The quantitative estimate of drug-likeness (QED) is 0.562. The van der Waals surface area contributed by atoms with Gasteiger partial charge in [-0.1, -0.05) is 29.8 Å². The molecule has 6 nitrogen and oxygen atoms in total. The third kappa shape index (κ3) is 2.92. The molecule has 0 amide bonds. The standard InChI is InChI=1S/C21H17ClN6/c1-13-6-7-15(12-24-13)26-21-25-11-14-10-17(16-4-2-3-5-18(16)22)20-23-8-9-28(20)19(14)27-21/h2-7,10-12,23H,8-9H2,1H3. The maximum Gasteiger partial charge on any atom is 0.251 e. The summed E-state index contributed by atoms with van der Waals surface area (Å²) >= 11 is 6.45.